The van der Waals surface area contributed by atoms with Crippen molar-refractivity contribution >= 4 is 67.3 Å². The lowest BCUT2D eigenvalue weighted by molar-refractivity contribution is 0.00557. The van der Waals surface area contributed by atoms with E-state index in [9.17, 15) is 10.1 Å². The second kappa shape index (κ2) is 9.47. The van der Waals surface area contributed by atoms with Gasteiger partial charge in [0.25, 0.3) is 0 Å². The zero-order valence-electron chi connectivity index (χ0n) is 19.1. The first-order valence-corrected chi connectivity index (χ1v) is 13.1. The normalized spacial score (nSPS) is 18.9. The number of fused-ring (bicyclic) bond motifs is 3. The zero-order chi connectivity index (χ0) is 24.8. The minimum Gasteiger partial charge on any atom is -0.444 e. The standard InChI is InChI=1S/C22H23BrClFN6O2S/c1-22(2,3)33-21(32)30-8-6-12(9-11(30)5-7-26)31-19-13-10-14(24)15(23)16(25)17(13)27-20(34-4)18(19)28-29-31/h10-12H,5-6,8-9H2,1-4H3/t11-,12+/m1/s1. The summed E-state index contributed by atoms with van der Waals surface area (Å²) >= 11 is 10.8. The van der Waals surface area contributed by atoms with Crippen molar-refractivity contribution in [2.24, 2.45) is 0 Å². The van der Waals surface area contributed by atoms with Crippen LogP contribution in [0.25, 0.3) is 21.9 Å². The first-order chi connectivity index (χ1) is 16.1. The van der Waals surface area contributed by atoms with Crippen molar-refractivity contribution in [3.05, 3.63) is 21.4 Å². The molecule has 1 aliphatic heterocycles. The molecule has 1 saturated heterocycles. The number of ether oxygens (including phenoxy) is 1. The number of pyridine rings is 1. The van der Waals surface area contributed by atoms with Crippen LogP contribution in [0.2, 0.25) is 5.02 Å². The molecule has 34 heavy (non-hydrogen) atoms. The Balaban J connectivity index is 1.79. The maximum absolute atomic E-state index is 15.1. The Hall–Kier alpha value is -2.16. The van der Waals surface area contributed by atoms with Gasteiger partial charge < -0.3 is 9.64 Å². The number of halogens is 3. The van der Waals surface area contributed by atoms with Crippen LogP contribution in [-0.2, 0) is 4.74 Å². The Labute approximate surface area is 213 Å². The van der Waals surface area contributed by atoms with E-state index in [0.717, 1.165) is 0 Å². The Morgan fingerprint density at radius 2 is 2.18 bits per heavy atom. The highest BCUT2D eigenvalue weighted by molar-refractivity contribution is 9.10. The van der Waals surface area contributed by atoms with E-state index in [1.807, 2.05) is 27.0 Å². The number of carbonyl (C=O) groups excluding carboxylic acids is 1. The molecule has 2 aromatic heterocycles. The summed E-state index contributed by atoms with van der Waals surface area (Å²) < 4.78 is 22.5. The maximum Gasteiger partial charge on any atom is 0.410 e. The van der Waals surface area contributed by atoms with Crippen molar-refractivity contribution < 1.29 is 13.9 Å². The molecule has 0 N–H and O–H groups in total. The van der Waals surface area contributed by atoms with E-state index in [1.165, 1.54) is 11.8 Å². The number of likely N-dealkylation sites (tertiary alicyclic amines) is 1. The fraction of sp³-hybridized carbons (Fsp3) is 0.500. The molecule has 2 atom stereocenters. The van der Waals surface area contributed by atoms with Crippen LogP contribution in [0, 0.1) is 17.1 Å². The molecule has 0 saturated carbocycles. The van der Waals surface area contributed by atoms with Crippen molar-refractivity contribution in [1.29, 1.82) is 5.26 Å². The van der Waals surface area contributed by atoms with Gasteiger partial charge in [0.2, 0.25) is 0 Å². The largest absolute Gasteiger partial charge is 0.444 e. The molecule has 1 fully saturated rings. The summed E-state index contributed by atoms with van der Waals surface area (Å²) in [4.78, 5) is 18.8. The third kappa shape index (κ3) is 4.55. The average Bonchev–Trinajstić information content (AvgIpc) is 3.22. The van der Waals surface area contributed by atoms with Crippen LogP contribution >= 0.6 is 39.3 Å². The molecule has 4 rings (SSSR count). The van der Waals surface area contributed by atoms with Gasteiger partial charge in [0, 0.05) is 11.9 Å². The lowest BCUT2D eigenvalue weighted by atomic mass is 9.95. The number of aromatic nitrogens is 4. The van der Waals surface area contributed by atoms with E-state index < -0.39 is 17.5 Å². The van der Waals surface area contributed by atoms with Gasteiger partial charge in [0.05, 0.1) is 34.1 Å². The number of benzene rings is 1. The Bertz CT molecular complexity index is 1320. The third-order valence-electron chi connectivity index (χ3n) is 5.68. The highest BCUT2D eigenvalue weighted by atomic mass is 79.9. The molecule has 0 bridgehead atoms. The number of amides is 1. The van der Waals surface area contributed by atoms with E-state index >= 15 is 4.39 Å². The molecule has 1 amide bonds. The quantitative estimate of drug-likeness (QED) is 0.277. The molecular formula is C22H23BrClFN6O2S. The van der Waals surface area contributed by atoms with Gasteiger partial charge in [-0.1, -0.05) is 16.8 Å². The van der Waals surface area contributed by atoms with Gasteiger partial charge in [0.15, 0.2) is 5.82 Å². The van der Waals surface area contributed by atoms with Crippen LogP contribution in [0.1, 0.15) is 46.1 Å². The van der Waals surface area contributed by atoms with Crippen molar-refractivity contribution in [3.8, 4) is 6.07 Å². The summed E-state index contributed by atoms with van der Waals surface area (Å²) in [6, 6.07) is 3.33. The fourth-order valence-electron chi connectivity index (χ4n) is 4.23. The molecule has 8 nitrogen and oxygen atoms in total. The number of nitriles is 1. The van der Waals surface area contributed by atoms with Gasteiger partial charge >= 0.3 is 6.09 Å². The lowest BCUT2D eigenvalue weighted by Crippen LogP contribution is -2.48. The number of hydrogen-bond donors (Lipinski definition) is 0. The monoisotopic (exact) mass is 568 g/mol. The Kier molecular flexibility index (Phi) is 6.95. The van der Waals surface area contributed by atoms with Gasteiger partial charge in [0.1, 0.15) is 27.2 Å². The molecule has 180 valence electrons. The number of hydrogen-bond acceptors (Lipinski definition) is 7. The molecule has 3 aromatic rings. The van der Waals surface area contributed by atoms with Gasteiger partial charge in [-0.15, -0.1) is 16.9 Å². The minimum atomic E-state index is -0.634. The number of thioether (sulfide) groups is 1. The van der Waals surface area contributed by atoms with Gasteiger partial charge in [-0.3, -0.25) is 0 Å². The summed E-state index contributed by atoms with van der Waals surface area (Å²) in [7, 11) is 0. The summed E-state index contributed by atoms with van der Waals surface area (Å²) in [5.74, 6) is -0.547. The predicted molar refractivity (Wildman–Crippen MR) is 133 cm³/mol. The summed E-state index contributed by atoms with van der Waals surface area (Å²) in [6.07, 6.45) is 2.63. The van der Waals surface area contributed by atoms with E-state index in [0.29, 0.717) is 40.8 Å². The van der Waals surface area contributed by atoms with E-state index in [4.69, 9.17) is 16.3 Å². The summed E-state index contributed by atoms with van der Waals surface area (Å²) in [6.45, 7) is 5.82. The van der Waals surface area contributed by atoms with Crippen molar-refractivity contribution in [2.75, 3.05) is 12.8 Å². The fourth-order valence-corrected chi connectivity index (χ4v) is 5.24. The summed E-state index contributed by atoms with van der Waals surface area (Å²) in [5, 5.41) is 19.4. The van der Waals surface area contributed by atoms with Crippen LogP contribution in [0.15, 0.2) is 15.6 Å². The van der Waals surface area contributed by atoms with E-state index in [2.05, 4.69) is 37.3 Å². The highest BCUT2D eigenvalue weighted by Gasteiger charge is 2.36. The number of rotatable bonds is 3. The van der Waals surface area contributed by atoms with Gasteiger partial charge in [-0.25, -0.2) is 18.9 Å². The van der Waals surface area contributed by atoms with Crippen molar-refractivity contribution in [2.45, 2.75) is 62.7 Å². The van der Waals surface area contributed by atoms with Crippen LogP contribution < -0.4 is 0 Å². The number of piperidine rings is 1. The van der Waals surface area contributed by atoms with Crippen LogP contribution in [0.4, 0.5) is 9.18 Å². The van der Waals surface area contributed by atoms with Crippen molar-refractivity contribution in [1.82, 2.24) is 24.9 Å². The molecule has 0 radical (unpaired) electrons. The maximum atomic E-state index is 15.1. The SMILES string of the molecule is CSc1nc2c(F)c(Br)c(Cl)cc2c2c1nnn2[C@H]1CCN(C(=O)OC(C)(C)C)[C@H](CC#N)C1. The number of nitrogens with zero attached hydrogens (tertiary/aromatic N) is 6. The Morgan fingerprint density at radius 1 is 1.44 bits per heavy atom. The predicted octanol–water partition coefficient (Wildman–Crippen LogP) is 6.11. The van der Waals surface area contributed by atoms with Crippen LogP contribution in [0.5, 0.6) is 0 Å². The first kappa shape index (κ1) is 24.9. The molecule has 0 aliphatic carbocycles. The Morgan fingerprint density at radius 3 is 2.82 bits per heavy atom. The molecule has 0 spiro atoms. The lowest BCUT2D eigenvalue weighted by Gasteiger charge is -2.39. The van der Waals surface area contributed by atoms with Gasteiger partial charge in [-0.05, 0) is 61.9 Å². The molecule has 0 unspecified atom stereocenters. The van der Waals surface area contributed by atoms with E-state index in [-0.39, 0.29) is 33.5 Å². The smallest absolute Gasteiger partial charge is 0.410 e. The van der Waals surface area contributed by atoms with Gasteiger partial charge in [-0.2, -0.15) is 5.26 Å². The van der Waals surface area contributed by atoms with Crippen LogP contribution in [0.3, 0.4) is 0 Å². The molecule has 12 heteroatoms. The average molecular weight is 570 g/mol. The molecular weight excluding hydrogens is 547 g/mol. The van der Waals surface area contributed by atoms with Crippen molar-refractivity contribution in [3.63, 3.8) is 0 Å². The highest BCUT2D eigenvalue weighted by Crippen LogP contribution is 2.39. The number of carbonyl (C=O) groups is 1. The molecule has 3 heterocycles. The molecule has 1 aliphatic rings. The molecule has 1 aromatic carbocycles. The third-order valence-corrected chi connectivity index (χ3v) is 7.66. The minimum absolute atomic E-state index is 0.152. The first-order valence-electron chi connectivity index (χ1n) is 10.7. The second-order valence-electron chi connectivity index (χ2n) is 9.10. The van der Waals surface area contributed by atoms with Crippen LogP contribution in [-0.4, -0.2) is 55.4 Å². The topological polar surface area (TPSA) is 96.9 Å². The zero-order valence-corrected chi connectivity index (χ0v) is 22.3. The van der Waals surface area contributed by atoms with E-state index in [1.54, 1.807) is 15.6 Å². The summed E-state index contributed by atoms with van der Waals surface area (Å²) in [5.41, 5.74) is 0.736. The second-order valence-corrected chi connectivity index (χ2v) is 11.1.